The van der Waals surface area contributed by atoms with Gasteiger partial charge in [0.25, 0.3) is 5.91 Å². The Hall–Kier alpha value is -2.34. The second-order valence-corrected chi connectivity index (χ2v) is 7.81. The number of rotatable bonds is 2. The van der Waals surface area contributed by atoms with E-state index in [4.69, 9.17) is 4.52 Å². The van der Waals surface area contributed by atoms with Gasteiger partial charge in [0.2, 0.25) is 0 Å². The maximum absolute atomic E-state index is 13.3. The Morgan fingerprint density at radius 1 is 1.27 bits per heavy atom. The molecule has 4 aliphatic heterocycles. The zero-order valence-corrected chi connectivity index (χ0v) is 14.8. The number of carbonyl (C=O) groups is 1. The Balaban J connectivity index is 1.55. The fourth-order valence-corrected chi connectivity index (χ4v) is 5.36. The predicted molar refractivity (Wildman–Crippen MR) is 95.0 cm³/mol. The van der Waals surface area contributed by atoms with Crippen LogP contribution >= 0.6 is 0 Å². The lowest BCUT2D eigenvalue weighted by atomic mass is 9.75. The normalized spacial score (nSPS) is 32.7. The van der Waals surface area contributed by atoms with Gasteiger partial charge in [0.1, 0.15) is 17.1 Å². The molecule has 6 nitrogen and oxygen atoms in total. The Morgan fingerprint density at radius 3 is 2.77 bits per heavy atom. The summed E-state index contributed by atoms with van der Waals surface area (Å²) in [7, 11) is 0. The van der Waals surface area contributed by atoms with Crippen molar-refractivity contribution in [3.8, 4) is 5.75 Å². The highest BCUT2D eigenvalue weighted by Crippen LogP contribution is 2.47. The molecule has 1 aromatic carbocycles. The summed E-state index contributed by atoms with van der Waals surface area (Å²) in [6.07, 6.45) is 3.84. The van der Waals surface area contributed by atoms with E-state index < -0.39 is 0 Å². The van der Waals surface area contributed by atoms with E-state index in [0.29, 0.717) is 29.8 Å². The van der Waals surface area contributed by atoms with Gasteiger partial charge in [0.15, 0.2) is 0 Å². The molecule has 0 spiro atoms. The largest absolute Gasteiger partial charge is 0.508 e. The zero-order valence-electron chi connectivity index (χ0n) is 14.8. The highest BCUT2D eigenvalue weighted by molar-refractivity contribution is 5.95. The van der Waals surface area contributed by atoms with Gasteiger partial charge in [-0.05, 0) is 56.5 Å². The maximum Gasteiger partial charge on any atom is 0.259 e. The molecule has 3 atom stereocenters. The number of likely N-dealkylation sites (tertiary alicyclic amines) is 1. The van der Waals surface area contributed by atoms with E-state index in [0.717, 1.165) is 31.5 Å². The summed E-state index contributed by atoms with van der Waals surface area (Å²) in [6, 6.07) is 8.07. The third-order valence-electron chi connectivity index (χ3n) is 6.53. The first-order valence-electron chi connectivity index (χ1n) is 9.38. The van der Waals surface area contributed by atoms with Crippen LogP contribution in [0.2, 0.25) is 0 Å². The van der Waals surface area contributed by atoms with Crippen LogP contribution in [-0.2, 0) is 0 Å². The van der Waals surface area contributed by atoms with Crippen molar-refractivity contribution in [3.63, 3.8) is 0 Å². The average Bonchev–Trinajstić information content (AvgIpc) is 3.27. The summed E-state index contributed by atoms with van der Waals surface area (Å²) < 4.78 is 5.13. The lowest BCUT2D eigenvalue weighted by molar-refractivity contribution is -0.00346. The number of aromatic nitrogens is 1. The number of hydrogen-bond donors (Lipinski definition) is 1. The number of nitrogens with zero attached hydrogens (tertiary/aromatic N) is 3. The first-order chi connectivity index (χ1) is 12.6. The monoisotopic (exact) mass is 353 g/mol. The van der Waals surface area contributed by atoms with Gasteiger partial charge in [-0.25, -0.2) is 0 Å². The summed E-state index contributed by atoms with van der Waals surface area (Å²) in [5, 5.41) is 13.7. The van der Waals surface area contributed by atoms with Crippen molar-refractivity contribution in [2.45, 2.75) is 37.8 Å². The van der Waals surface area contributed by atoms with Crippen LogP contribution in [0, 0.1) is 12.8 Å². The molecule has 6 rings (SSSR count). The van der Waals surface area contributed by atoms with E-state index in [1.54, 1.807) is 13.0 Å². The van der Waals surface area contributed by atoms with Crippen LogP contribution in [-0.4, -0.2) is 57.7 Å². The molecule has 4 saturated heterocycles. The first kappa shape index (κ1) is 15.9. The fraction of sp³-hybridized carbons (Fsp3) is 0.500. The lowest BCUT2D eigenvalue weighted by Gasteiger charge is -2.51. The molecule has 1 N–H and O–H groups in total. The topological polar surface area (TPSA) is 69.8 Å². The van der Waals surface area contributed by atoms with Crippen LogP contribution in [0.5, 0.6) is 5.75 Å². The Bertz CT molecular complexity index is 840. The predicted octanol–water partition coefficient (Wildman–Crippen LogP) is 2.39. The molecule has 4 aliphatic rings. The van der Waals surface area contributed by atoms with Gasteiger partial charge >= 0.3 is 0 Å². The number of phenols is 1. The van der Waals surface area contributed by atoms with Crippen molar-refractivity contribution in [3.05, 3.63) is 47.3 Å². The van der Waals surface area contributed by atoms with Gasteiger partial charge < -0.3 is 14.5 Å². The number of aromatic hydroxyl groups is 1. The van der Waals surface area contributed by atoms with Crippen molar-refractivity contribution in [1.82, 2.24) is 15.0 Å². The van der Waals surface area contributed by atoms with Gasteiger partial charge in [0, 0.05) is 18.5 Å². The molecule has 0 radical (unpaired) electrons. The number of benzene rings is 1. The molecule has 1 aromatic heterocycles. The first-order valence-corrected chi connectivity index (χ1v) is 9.38. The third-order valence-corrected chi connectivity index (χ3v) is 6.53. The van der Waals surface area contributed by atoms with E-state index >= 15 is 0 Å². The average molecular weight is 353 g/mol. The van der Waals surface area contributed by atoms with Crippen LogP contribution in [0.4, 0.5) is 0 Å². The van der Waals surface area contributed by atoms with Crippen molar-refractivity contribution >= 4 is 5.91 Å². The smallest absolute Gasteiger partial charge is 0.259 e. The van der Waals surface area contributed by atoms with E-state index in [-0.39, 0.29) is 23.6 Å². The van der Waals surface area contributed by atoms with Crippen molar-refractivity contribution in [1.29, 1.82) is 0 Å². The summed E-state index contributed by atoms with van der Waals surface area (Å²) in [6.45, 7) is 4.68. The molecule has 4 fully saturated rings. The van der Waals surface area contributed by atoms with E-state index in [2.05, 4.69) is 21.0 Å². The second-order valence-electron chi connectivity index (χ2n) is 7.81. The van der Waals surface area contributed by atoms with E-state index in [9.17, 15) is 9.90 Å². The Labute approximate surface area is 152 Å². The molecule has 0 saturated carbocycles. The minimum Gasteiger partial charge on any atom is -0.508 e. The van der Waals surface area contributed by atoms with Crippen LogP contribution in [0.15, 0.2) is 35.0 Å². The molecule has 136 valence electrons. The molecule has 0 aliphatic carbocycles. The minimum absolute atomic E-state index is 0.0233. The Kier molecular flexibility index (Phi) is 3.57. The van der Waals surface area contributed by atoms with E-state index in [1.165, 1.54) is 6.20 Å². The molecule has 2 aromatic rings. The van der Waals surface area contributed by atoms with E-state index in [1.807, 2.05) is 12.1 Å². The van der Waals surface area contributed by atoms with Crippen molar-refractivity contribution < 1.29 is 14.4 Å². The minimum atomic E-state index is 0.0233. The molecular formula is C20H23N3O3. The number of hydrogen-bond acceptors (Lipinski definition) is 5. The van der Waals surface area contributed by atoms with Gasteiger partial charge in [-0.2, -0.15) is 0 Å². The summed E-state index contributed by atoms with van der Waals surface area (Å²) >= 11 is 0. The van der Waals surface area contributed by atoms with Crippen LogP contribution in [0.3, 0.4) is 0 Å². The van der Waals surface area contributed by atoms with Crippen molar-refractivity contribution in [2.24, 2.45) is 5.92 Å². The standard InChI is InChI=1S/C20H23N3O3/c1-12-16(10-21-26-12)20(25)23-11-17(14-3-2-4-15(24)9-14)19-18(23)13-5-7-22(19)8-6-13/h2-4,9-10,13,17-19,24H,5-8,11H2,1H3/t17-,18+,19+/m0/s1. The molecule has 6 heteroatoms. The highest BCUT2D eigenvalue weighted by Gasteiger charge is 2.54. The van der Waals surface area contributed by atoms with Gasteiger partial charge in [0.05, 0.1) is 12.2 Å². The molecule has 1 amide bonds. The van der Waals surface area contributed by atoms with Gasteiger partial charge in [-0.15, -0.1) is 0 Å². The number of carbonyl (C=O) groups excluding carboxylic acids is 1. The molecule has 26 heavy (non-hydrogen) atoms. The summed E-state index contributed by atoms with van der Waals surface area (Å²) in [5.74, 6) is 1.66. The second kappa shape index (κ2) is 5.84. The number of amides is 1. The zero-order chi connectivity index (χ0) is 17.8. The lowest BCUT2D eigenvalue weighted by Crippen LogP contribution is -2.60. The van der Waals surface area contributed by atoms with Crippen molar-refractivity contribution in [2.75, 3.05) is 19.6 Å². The molecule has 5 heterocycles. The number of fused-ring (bicyclic) bond motifs is 2. The molecular weight excluding hydrogens is 330 g/mol. The summed E-state index contributed by atoms with van der Waals surface area (Å²) in [4.78, 5) is 17.9. The quantitative estimate of drug-likeness (QED) is 0.898. The SMILES string of the molecule is Cc1oncc1C(=O)N1C[C@@H](c2cccc(O)c2)[C@@H]2[C@H]1C1CCN2CC1. The molecule has 2 bridgehead atoms. The maximum atomic E-state index is 13.3. The Morgan fingerprint density at radius 2 is 2.08 bits per heavy atom. The highest BCUT2D eigenvalue weighted by atomic mass is 16.5. The number of aryl methyl sites for hydroxylation is 1. The van der Waals surface area contributed by atoms with Crippen LogP contribution < -0.4 is 0 Å². The fourth-order valence-electron chi connectivity index (χ4n) is 5.36. The van der Waals surface area contributed by atoms with Crippen LogP contribution in [0.25, 0.3) is 0 Å². The third kappa shape index (κ3) is 2.28. The van der Waals surface area contributed by atoms with Crippen LogP contribution in [0.1, 0.15) is 40.4 Å². The number of phenolic OH excluding ortho intramolecular Hbond substituents is 1. The number of piperidine rings is 3. The molecule has 0 unspecified atom stereocenters. The summed E-state index contributed by atoms with van der Waals surface area (Å²) in [5.41, 5.74) is 1.68. The van der Waals surface area contributed by atoms with Gasteiger partial charge in [-0.3, -0.25) is 9.69 Å². The van der Waals surface area contributed by atoms with Gasteiger partial charge in [-0.1, -0.05) is 17.3 Å².